The molecule has 0 aromatic rings. The quantitative estimate of drug-likeness (QED) is 0.282. The van der Waals surface area contributed by atoms with Gasteiger partial charge in [0.25, 0.3) is 0 Å². The Bertz CT molecular complexity index is 915. The molecule has 0 aromatic heterocycles. The van der Waals surface area contributed by atoms with Crippen LogP contribution in [0, 0.1) is 22.2 Å². The van der Waals surface area contributed by atoms with E-state index in [2.05, 4.69) is 78.3 Å². The lowest BCUT2D eigenvalue weighted by Crippen LogP contribution is -2.54. The van der Waals surface area contributed by atoms with Gasteiger partial charge >= 0.3 is 0 Å². The molecule has 4 aliphatic rings. The summed E-state index contributed by atoms with van der Waals surface area (Å²) < 4.78 is 5.55. The Balaban J connectivity index is 1.62. The number of ether oxygens (including phenoxy) is 1. The third-order valence-electron chi connectivity index (χ3n) is 10.6. The summed E-state index contributed by atoms with van der Waals surface area (Å²) in [5.41, 5.74) is 13.7. The van der Waals surface area contributed by atoms with Crippen molar-refractivity contribution in [3.8, 4) is 0 Å². The van der Waals surface area contributed by atoms with Crippen LogP contribution in [0.25, 0.3) is 0 Å². The SMILES string of the molecule is CNC1CCC(C(C)(C)CCC(C)(C)C2=CCC(N)CC2)=C(C2CC(C(C)(C)C)=CCC2NC2COC2)C1. The lowest BCUT2D eigenvalue weighted by molar-refractivity contribution is -0.0129. The minimum absolute atomic E-state index is 0.212. The fourth-order valence-electron chi connectivity index (χ4n) is 7.46. The van der Waals surface area contributed by atoms with E-state index >= 15 is 0 Å². The monoisotopic (exact) mass is 525 g/mol. The van der Waals surface area contributed by atoms with Crippen molar-refractivity contribution in [2.24, 2.45) is 27.9 Å². The average molecular weight is 526 g/mol. The van der Waals surface area contributed by atoms with Gasteiger partial charge in [-0.3, -0.25) is 0 Å². The summed E-state index contributed by atoms with van der Waals surface area (Å²) in [7, 11) is 2.16. The number of hydrogen-bond donors (Lipinski definition) is 3. The summed E-state index contributed by atoms with van der Waals surface area (Å²) in [4.78, 5) is 0. The van der Waals surface area contributed by atoms with Crippen LogP contribution in [0.2, 0.25) is 0 Å². The predicted molar refractivity (Wildman–Crippen MR) is 162 cm³/mol. The fourth-order valence-corrected chi connectivity index (χ4v) is 7.46. The molecule has 0 radical (unpaired) electrons. The number of hydrogen-bond acceptors (Lipinski definition) is 4. The lowest BCUT2D eigenvalue weighted by Gasteiger charge is -2.46. The van der Waals surface area contributed by atoms with Crippen molar-refractivity contribution in [3.63, 3.8) is 0 Å². The molecule has 0 amide bonds. The first-order valence-corrected chi connectivity index (χ1v) is 15.7. The summed E-state index contributed by atoms with van der Waals surface area (Å²) in [5.74, 6) is 0.579. The predicted octanol–water partition coefficient (Wildman–Crippen LogP) is 7.06. The number of nitrogens with two attached hydrogens (primary N) is 1. The molecule has 0 aromatic carbocycles. The van der Waals surface area contributed by atoms with Crippen molar-refractivity contribution in [2.45, 2.75) is 137 Å². The van der Waals surface area contributed by atoms with Crippen molar-refractivity contribution < 1.29 is 4.74 Å². The number of rotatable bonds is 9. The van der Waals surface area contributed by atoms with E-state index in [1.54, 1.807) is 22.3 Å². The molecule has 38 heavy (non-hydrogen) atoms. The molecule has 1 aliphatic heterocycles. The van der Waals surface area contributed by atoms with Crippen molar-refractivity contribution in [1.29, 1.82) is 0 Å². The zero-order chi connectivity index (χ0) is 27.7. The molecular weight excluding hydrogens is 466 g/mol. The highest BCUT2D eigenvalue weighted by Gasteiger charge is 2.40. The van der Waals surface area contributed by atoms with Crippen LogP contribution < -0.4 is 16.4 Å². The Hall–Kier alpha value is -0.940. The van der Waals surface area contributed by atoms with Crippen molar-refractivity contribution in [3.05, 3.63) is 34.4 Å². The highest BCUT2D eigenvalue weighted by atomic mass is 16.5. The van der Waals surface area contributed by atoms with E-state index in [-0.39, 0.29) is 16.2 Å². The van der Waals surface area contributed by atoms with Gasteiger partial charge in [0.1, 0.15) is 0 Å². The van der Waals surface area contributed by atoms with E-state index in [0.717, 1.165) is 32.5 Å². The summed E-state index contributed by atoms with van der Waals surface area (Å²) >= 11 is 0. The lowest BCUT2D eigenvalue weighted by atomic mass is 9.63. The molecular formula is C34H59N3O. The minimum atomic E-state index is 0.212. The van der Waals surface area contributed by atoms with Crippen LogP contribution in [0.15, 0.2) is 34.4 Å². The average Bonchev–Trinajstić information content (AvgIpc) is 2.84. The number of allylic oxidation sites excluding steroid dienone is 3. The summed E-state index contributed by atoms with van der Waals surface area (Å²) in [5, 5.41) is 7.70. The molecule has 216 valence electrons. The van der Waals surface area contributed by atoms with Gasteiger partial charge in [0, 0.05) is 18.1 Å². The maximum Gasteiger partial charge on any atom is 0.0643 e. The van der Waals surface area contributed by atoms with E-state index in [1.165, 1.54) is 44.9 Å². The second-order valence-electron chi connectivity index (χ2n) is 15.3. The normalized spacial score (nSPS) is 30.1. The van der Waals surface area contributed by atoms with E-state index < -0.39 is 0 Å². The van der Waals surface area contributed by atoms with E-state index in [4.69, 9.17) is 10.5 Å². The van der Waals surface area contributed by atoms with Crippen molar-refractivity contribution in [2.75, 3.05) is 20.3 Å². The van der Waals surface area contributed by atoms with Crippen molar-refractivity contribution >= 4 is 0 Å². The first-order valence-electron chi connectivity index (χ1n) is 15.7. The third-order valence-corrected chi connectivity index (χ3v) is 10.6. The highest BCUT2D eigenvalue weighted by molar-refractivity contribution is 5.32. The topological polar surface area (TPSA) is 59.3 Å². The van der Waals surface area contributed by atoms with Crippen LogP contribution in [-0.4, -0.2) is 44.4 Å². The molecule has 4 heteroatoms. The summed E-state index contributed by atoms with van der Waals surface area (Å²) in [6, 6.07) is 1.98. The van der Waals surface area contributed by atoms with Crippen LogP contribution in [-0.2, 0) is 4.74 Å². The van der Waals surface area contributed by atoms with E-state index in [1.807, 2.05) is 0 Å². The minimum Gasteiger partial charge on any atom is -0.378 e. The van der Waals surface area contributed by atoms with Gasteiger partial charge in [-0.15, -0.1) is 0 Å². The Labute approximate surface area is 234 Å². The highest BCUT2D eigenvalue weighted by Crippen LogP contribution is 2.50. The molecule has 4 rings (SSSR count). The standard InChI is InChI=1S/C34H59N3O/c1-32(2,3)24-11-16-31(37-27-21-38-22-27)29(19-24)28-20-26(36-8)14-15-30(28)34(6,7)18-17-33(4,5)23-9-12-25(35)13-10-23/h9,11,25-27,29,31,36-37H,10,12-22,35H2,1-8H3. The number of nitrogens with one attached hydrogen (secondary N) is 2. The molecule has 4 atom stereocenters. The molecule has 1 heterocycles. The Morgan fingerprint density at radius 3 is 2.11 bits per heavy atom. The zero-order valence-corrected chi connectivity index (χ0v) is 26.0. The van der Waals surface area contributed by atoms with Crippen molar-refractivity contribution in [1.82, 2.24) is 10.6 Å². The van der Waals surface area contributed by atoms with E-state index in [0.29, 0.717) is 30.1 Å². The molecule has 1 fully saturated rings. The van der Waals surface area contributed by atoms with Gasteiger partial charge in [-0.25, -0.2) is 0 Å². The molecule has 4 nitrogen and oxygen atoms in total. The second kappa shape index (κ2) is 11.9. The van der Waals surface area contributed by atoms with Crippen LogP contribution in [0.5, 0.6) is 0 Å². The Morgan fingerprint density at radius 2 is 1.53 bits per heavy atom. The maximum absolute atomic E-state index is 6.21. The Morgan fingerprint density at radius 1 is 0.842 bits per heavy atom. The van der Waals surface area contributed by atoms with Crippen LogP contribution in [0.1, 0.15) is 113 Å². The van der Waals surface area contributed by atoms with Gasteiger partial charge in [-0.2, -0.15) is 0 Å². The van der Waals surface area contributed by atoms with Gasteiger partial charge in [-0.1, -0.05) is 82.9 Å². The van der Waals surface area contributed by atoms with Crippen LogP contribution in [0.4, 0.5) is 0 Å². The zero-order valence-electron chi connectivity index (χ0n) is 26.0. The molecule has 0 saturated carbocycles. The smallest absolute Gasteiger partial charge is 0.0643 e. The summed E-state index contributed by atoms with van der Waals surface area (Å²) in [6.07, 6.45) is 16.9. The molecule has 4 unspecified atom stereocenters. The Kier molecular flexibility index (Phi) is 9.39. The van der Waals surface area contributed by atoms with Gasteiger partial charge in [-0.05, 0) is 93.4 Å². The van der Waals surface area contributed by atoms with Gasteiger partial charge in [0.2, 0.25) is 0 Å². The maximum atomic E-state index is 6.21. The van der Waals surface area contributed by atoms with Gasteiger partial charge < -0.3 is 21.1 Å². The molecule has 3 aliphatic carbocycles. The first kappa shape index (κ1) is 30.0. The molecule has 0 spiro atoms. The second-order valence-corrected chi connectivity index (χ2v) is 15.3. The van der Waals surface area contributed by atoms with Crippen LogP contribution >= 0.6 is 0 Å². The fraction of sp³-hybridized carbons (Fsp3) is 0.824. The molecule has 0 bridgehead atoms. The molecule has 1 saturated heterocycles. The van der Waals surface area contributed by atoms with Crippen LogP contribution in [0.3, 0.4) is 0 Å². The molecule has 4 N–H and O–H groups in total. The van der Waals surface area contributed by atoms with Gasteiger partial charge in [0.15, 0.2) is 0 Å². The van der Waals surface area contributed by atoms with E-state index in [9.17, 15) is 0 Å². The largest absolute Gasteiger partial charge is 0.378 e. The first-order chi connectivity index (χ1) is 17.8. The third kappa shape index (κ3) is 7.03. The summed E-state index contributed by atoms with van der Waals surface area (Å²) in [6.45, 7) is 19.0. The van der Waals surface area contributed by atoms with Gasteiger partial charge in [0.05, 0.1) is 19.3 Å².